The molecule has 1 spiro atoms. The molecule has 6 nitrogen and oxygen atoms in total. The van der Waals surface area contributed by atoms with Gasteiger partial charge in [-0.2, -0.15) is 10.2 Å². The van der Waals surface area contributed by atoms with Gasteiger partial charge in [-0.25, -0.2) is 0 Å². The first-order chi connectivity index (χ1) is 14.6. The molecule has 30 heavy (non-hydrogen) atoms. The minimum Gasteiger partial charge on any atom is -0.343 e. The van der Waals surface area contributed by atoms with Gasteiger partial charge in [0.2, 0.25) is 5.91 Å². The van der Waals surface area contributed by atoms with Crippen molar-refractivity contribution in [1.29, 1.82) is 0 Å². The maximum absolute atomic E-state index is 12.8. The van der Waals surface area contributed by atoms with Gasteiger partial charge in [0.05, 0.1) is 18.0 Å². The van der Waals surface area contributed by atoms with Crippen LogP contribution in [-0.4, -0.2) is 58.0 Å². The van der Waals surface area contributed by atoms with Crippen molar-refractivity contribution in [2.45, 2.75) is 50.9 Å². The molecule has 0 N–H and O–H groups in total. The van der Waals surface area contributed by atoms with E-state index < -0.39 is 0 Å². The van der Waals surface area contributed by atoms with Gasteiger partial charge in [-0.05, 0) is 61.6 Å². The van der Waals surface area contributed by atoms with Gasteiger partial charge in [0, 0.05) is 32.6 Å². The van der Waals surface area contributed by atoms with Gasteiger partial charge in [0.15, 0.2) is 0 Å². The smallest absolute Gasteiger partial charge is 0.255 e. The van der Waals surface area contributed by atoms with E-state index in [2.05, 4.69) is 34.5 Å². The molecular formula is C24H30N4O2. The topological polar surface area (TPSA) is 66.4 Å². The van der Waals surface area contributed by atoms with Gasteiger partial charge >= 0.3 is 0 Å². The van der Waals surface area contributed by atoms with Gasteiger partial charge in [-0.1, -0.05) is 24.3 Å². The van der Waals surface area contributed by atoms with Crippen LogP contribution in [0, 0.1) is 0 Å². The molecule has 158 valence electrons. The molecule has 2 heterocycles. The summed E-state index contributed by atoms with van der Waals surface area (Å²) < 4.78 is 0. The summed E-state index contributed by atoms with van der Waals surface area (Å²) in [5.41, 5.74) is 3.38. The van der Waals surface area contributed by atoms with E-state index in [0.29, 0.717) is 12.0 Å². The molecule has 0 radical (unpaired) electrons. The third kappa shape index (κ3) is 3.71. The van der Waals surface area contributed by atoms with Crippen LogP contribution in [0.3, 0.4) is 0 Å². The lowest BCUT2D eigenvalue weighted by molar-refractivity contribution is -0.131. The van der Waals surface area contributed by atoms with Crippen molar-refractivity contribution in [2.24, 2.45) is 0 Å². The molecule has 2 aromatic rings. The monoisotopic (exact) mass is 406 g/mol. The second-order valence-corrected chi connectivity index (χ2v) is 8.46. The van der Waals surface area contributed by atoms with E-state index in [0.717, 1.165) is 45.4 Å². The molecule has 0 bridgehead atoms. The molecule has 0 unspecified atom stereocenters. The van der Waals surface area contributed by atoms with E-state index in [-0.39, 0.29) is 23.1 Å². The number of rotatable bonds is 5. The first-order valence-corrected chi connectivity index (χ1v) is 11.0. The number of benzene rings is 1. The summed E-state index contributed by atoms with van der Waals surface area (Å²) in [5, 5.41) is 7.59. The fourth-order valence-electron chi connectivity index (χ4n) is 5.34. The maximum Gasteiger partial charge on any atom is 0.255 e. The Hall–Kier alpha value is -2.76. The molecule has 4 rings (SSSR count). The molecule has 1 saturated heterocycles. The molecule has 2 amide bonds. The van der Waals surface area contributed by atoms with E-state index in [9.17, 15) is 9.59 Å². The number of likely N-dealkylation sites (tertiary alicyclic amines) is 1. The standard InChI is InChI=1S/C24H30N4O2/c1-3-27(4-2)22(29)15-19-16-24(21-8-6-5-7-20(19)21)10-13-28(14-11-24)23(30)18-9-12-25-26-17-18/h5-9,12,17,19H,3-4,10-11,13-16H2,1-2H3/t19-/m0/s1. The Morgan fingerprint density at radius 1 is 1.10 bits per heavy atom. The number of hydrogen-bond donors (Lipinski definition) is 0. The zero-order valence-corrected chi connectivity index (χ0v) is 17.9. The molecule has 1 fully saturated rings. The Labute approximate surface area is 178 Å². The highest BCUT2D eigenvalue weighted by Crippen LogP contribution is 2.52. The lowest BCUT2D eigenvalue weighted by Gasteiger charge is -2.40. The lowest BCUT2D eigenvalue weighted by Crippen LogP contribution is -2.44. The molecular weight excluding hydrogens is 376 g/mol. The first-order valence-electron chi connectivity index (χ1n) is 11.0. The highest BCUT2D eigenvalue weighted by molar-refractivity contribution is 5.93. The van der Waals surface area contributed by atoms with E-state index in [4.69, 9.17) is 0 Å². The summed E-state index contributed by atoms with van der Waals surface area (Å²) in [4.78, 5) is 29.5. The number of carbonyl (C=O) groups excluding carboxylic acids is 2. The highest BCUT2D eigenvalue weighted by Gasteiger charge is 2.46. The summed E-state index contributed by atoms with van der Waals surface area (Å²) in [5.74, 6) is 0.537. The number of hydrogen-bond acceptors (Lipinski definition) is 4. The van der Waals surface area contributed by atoms with E-state index >= 15 is 0 Å². The van der Waals surface area contributed by atoms with Gasteiger partial charge in [-0.15, -0.1) is 0 Å². The molecule has 1 aromatic carbocycles. The molecule has 1 aliphatic carbocycles. The minimum atomic E-state index is 0.0271. The third-order valence-electron chi connectivity index (χ3n) is 6.99. The Bertz CT molecular complexity index is 902. The van der Waals surface area contributed by atoms with Crippen molar-refractivity contribution in [3.63, 3.8) is 0 Å². The number of amides is 2. The predicted molar refractivity (Wildman–Crippen MR) is 115 cm³/mol. The largest absolute Gasteiger partial charge is 0.343 e. The minimum absolute atomic E-state index is 0.0271. The van der Waals surface area contributed by atoms with Crippen LogP contribution < -0.4 is 0 Å². The predicted octanol–water partition coefficient (Wildman–Crippen LogP) is 3.40. The van der Waals surface area contributed by atoms with E-state index in [1.807, 2.05) is 23.6 Å². The Kier molecular flexibility index (Phi) is 5.84. The first kappa shape index (κ1) is 20.5. The molecule has 0 saturated carbocycles. The number of nitrogens with zero attached hydrogens (tertiary/aromatic N) is 4. The number of aromatic nitrogens is 2. The molecule has 1 aliphatic heterocycles. The Balaban J connectivity index is 1.50. The summed E-state index contributed by atoms with van der Waals surface area (Å²) in [6.45, 7) is 7.05. The van der Waals surface area contributed by atoms with Crippen LogP contribution in [0.1, 0.15) is 66.9 Å². The van der Waals surface area contributed by atoms with E-state index in [1.165, 1.54) is 17.3 Å². The number of carbonyl (C=O) groups is 2. The second-order valence-electron chi connectivity index (χ2n) is 8.46. The van der Waals surface area contributed by atoms with Crippen molar-refractivity contribution in [3.8, 4) is 0 Å². The van der Waals surface area contributed by atoms with Gasteiger partial charge in [0.25, 0.3) is 5.91 Å². The zero-order valence-electron chi connectivity index (χ0n) is 17.9. The average molecular weight is 407 g/mol. The summed E-state index contributed by atoms with van der Waals surface area (Å²) in [6, 6.07) is 10.3. The van der Waals surface area contributed by atoms with Crippen molar-refractivity contribution >= 4 is 11.8 Å². The van der Waals surface area contributed by atoms with Gasteiger partial charge in [-0.3, -0.25) is 9.59 Å². The molecule has 6 heteroatoms. The van der Waals surface area contributed by atoms with Crippen molar-refractivity contribution in [3.05, 3.63) is 59.4 Å². The molecule has 1 aromatic heterocycles. The fraction of sp³-hybridized carbons (Fsp3) is 0.500. The SMILES string of the molecule is CCN(CC)C(=O)C[C@H]1CC2(CCN(C(=O)c3ccnnc3)CC2)c2ccccc21. The van der Waals surface area contributed by atoms with Crippen molar-refractivity contribution < 1.29 is 9.59 Å². The maximum atomic E-state index is 12.8. The van der Waals surface area contributed by atoms with Crippen LogP contribution in [0.4, 0.5) is 0 Å². The van der Waals surface area contributed by atoms with Crippen LogP contribution in [0.5, 0.6) is 0 Å². The number of piperidine rings is 1. The number of fused-ring (bicyclic) bond motifs is 2. The van der Waals surface area contributed by atoms with Crippen LogP contribution in [0.2, 0.25) is 0 Å². The highest BCUT2D eigenvalue weighted by atomic mass is 16.2. The van der Waals surface area contributed by atoms with E-state index in [1.54, 1.807) is 12.3 Å². The summed E-state index contributed by atoms with van der Waals surface area (Å²) >= 11 is 0. The Morgan fingerprint density at radius 2 is 1.83 bits per heavy atom. The normalized spacial score (nSPS) is 19.5. The van der Waals surface area contributed by atoms with Gasteiger partial charge < -0.3 is 9.80 Å². The van der Waals surface area contributed by atoms with Crippen LogP contribution in [0.25, 0.3) is 0 Å². The zero-order chi connectivity index (χ0) is 21.1. The second kappa shape index (κ2) is 8.54. The third-order valence-corrected chi connectivity index (χ3v) is 6.99. The summed E-state index contributed by atoms with van der Waals surface area (Å²) in [6.07, 6.45) is 6.54. The quantitative estimate of drug-likeness (QED) is 0.763. The van der Waals surface area contributed by atoms with Crippen LogP contribution in [0.15, 0.2) is 42.7 Å². The van der Waals surface area contributed by atoms with Gasteiger partial charge in [0.1, 0.15) is 0 Å². The average Bonchev–Trinajstić information content (AvgIpc) is 3.08. The van der Waals surface area contributed by atoms with Crippen LogP contribution in [-0.2, 0) is 10.2 Å². The van der Waals surface area contributed by atoms with Crippen molar-refractivity contribution in [2.75, 3.05) is 26.2 Å². The molecule has 2 aliphatic rings. The lowest BCUT2D eigenvalue weighted by atomic mass is 9.73. The Morgan fingerprint density at radius 3 is 2.50 bits per heavy atom. The summed E-state index contributed by atoms with van der Waals surface area (Å²) in [7, 11) is 0. The van der Waals surface area contributed by atoms with Crippen molar-refractivity contribution in [1.82, 2.24) is 20.0 Å². The fourth-order valence-corrected chi connectivity index (χ4v) is 5.34. The molecule has 1 atom stereocenters. The van der Waals surface area contributed by atoms with Crippen LogP contribution >= 0.6 is 0 Å².